The number of ether oxygens (including phenoxy) is 2. The number of aromatic nitrogens is 1. The highest BCUT2D eigenvalue weighted by atomic mass is 79.9. The zero-order chi connectivity index (χ0) is 15.6. The van der Waals surface area contributed by atoms with Crippen LogP contribution in [-0.4, -0.2) is 29.3 Å². The number of nitrogens with zero attached hydrogens (tertiary/aromatic N) is 1. The summed E-state index contributed by atoms with van der Waals surface area (Å²) in [5.74, 6) is 0. The Kier molecular flexibility index (Phi) is 4.88. The number of pyridine rings is 1. The first-order valence-electron chi connectivity index (χ1n) is 6.99. The third-order valence-corrected chi connectivity index (χ3v) is 3.63. The average molecular weight is 357 g/mol. The Morgan fingerprint density at radius 1 is 1.52 bits per heavy atom. The number of nitrogens with one attached hydrogen (secondary N) is 1. The molecule has 0 unspecified atom stereocenters. The molecule has 1 aromatic heterocycles. The molecule has 0 radical (unpaired) electrons. The van der Waals surface area contributed by atoms with Gasteiger partial charge in [0.25, 0.3) is 0 Å². The first-order valence-corrected chi connectivity index (χ1v) is 7.79. The Morgan fingerprint density at radius 2 is 2.24 bits per heavy atom. The molecule has 1 saturated heterocycles. The van der Waals surface area contributed by atoms with E-state index in [0.29, 0.717) is 6.61 Å². The van der Waals surface area contributed by atoms with Crippen molar-refractivity contribution in [3.8, 4) is 0 Å². The van der Waals surface area contributed by atoms with Gasteiger partial charge in [-0.25, -0.2) is 4.79 Å². The highest BCUT2D eigenvalue weighted by Crippen LogP contribution is 2.32. The molecule has 2 atom stereocenters. The molecular weight excluding hydrogens is 336 g/mol. The van der Waals surface area contributed by atoms with Crippen LogP contribution in [0.25, 0.3) is 0 Å². The van der Waals surface area contributed by atoms with Gasteiger partial charge in [-0.3, -0.25) is 4.98 Å². The normalized spacial score (nSPS) is 22.1. The molecule has 0 aromatic carbocycles. The van der Waals surface area contributed by atoms with Crippen LogP contribution in [0.3, 0.4) is 0 Å². The maximum Gasteiger partial charge on any atom is 0.407 e. The summed E-state index contributed by atoms with van der Waals surface area (Å²) in [6, 6.07) is 1.89. The molecule has 0 spiro atoms. The number of halogens is 1. The number of rotatable bonds is 2. The molecule has 1 aromatic rings. The second-order valence-electron chi connectivity index (χ2n) is 6.16. The van der Waals surface area contributed by atoms with E-state index in [9.17, 15) is 4.79 Å². The van der Waals surface area contributed by atoms with E-state index in [1.54, 1.807) is 6.20 Å². The topological polar surface area (TPSA) is 60.5 Å². The Bertz CT molecular complexity index is 528. The standard InChI is InChI=1S/C15H21BrN2O3/c1-9-11(7-10(16)8-17-9)13-12(5-6-20-13)18-14(19)21-15(2,3)4/h7-8,12-13H,5-6H2,1-4H3,(H,18,19)/t12-,13+/m0/s1. The summed E-state index contributed by atoms with van der Waals surface area (Å²) in [5.41, 5.74) is 1.38. The maximum atomic E-state index is 11.9. The van der Waals surface area contributed by atoms with Crippen molar-refractivity contribution in [2.24, 2.45) is 0 Å². The number of aryl methyl sites for hydroxylation is 1. The van der Waals surface area contributed by atoms with Gasteiger partial charge in [0.15, 0.2) is 0 Å². The third kappa shape index (κ3) is 4.41. The van der Waals surface area contributed by atoms with E-state index in [4.69, 9.17) is 9.47 Å². The van der Waals surface area contributed by atoms with Crippen LogP contribution in [0.2, 0.25) is 0 Å². The summed E-state index contributed by atoms with van der Waals surface area (Å²) in [6.07, 6.45) is 1.91. The van der Waals surface area contributed by atoms with Gasteiger partial charge in [0.1, 0.15) is 11.7 Å². The molecule has 2 rings (SSSR count). The first-order chi connectivity index (χ1) is 9.76. The van der Waals surface area contributed by atoms with Gasteiger partial charge in [0.2, 0.25) is 0 Å². The number of carbonyl (C=O) groups excluding carboxylic acids is 1. The molecule has 116 valence electrons. The van der Waals surface area contributed by atoms with Gasteiger partial charge in [-0.2, -0.15) is 0 Å². The Morgan fingerprint density at radius 3 is 2.90 bits per heavy atom. The van der Waals surface area contributed by atoms with Crippen LogP contribution >= 0.6 is 15.9 Å². The number of alkyl carbamates (subject to hydrolysis) is 1. The predicted octanol–water partition coefficient (Wildman–Crippen LogP) is 3.51. The molecule has 1 N–H and O–H groups in total. The second-order valence-corrected chi connectivity index (χ2v) is 7.08. The lowest BCUT2D eigenvalue weighted by Gasteiger charge is -2.24. The van der Waals surface area contributed by atoms with Gasteiger partial charge in [-0.15, -0.1) is 0 Å². The highest BCUT2D eigenvalue weighted by Gasteiger charge is 2.33. The number of amides is 1. The van der Waals surface area contributed by atoms with E-state index >= 15 is 0 Å². The molecule has 1 aliphatic rings. The summed E-state index contributed by atoms with van der Waals surface area (Å²) >= 11 is 3.42. The fraction of sp³-hybridized carbons (Fsp3) is 0.600. The fourth-order valence-electron chi connectivity index (χ4n) is 2.31. The largest absolute Gasteiger partial charge is 0.444 e. The molecule has 2 heterocycles. The molecule has 1 amide bonds. The zero-order valence-electron chi connectivity index (χ0n) is 12.8. The van der Waals surface area contributed by atoms with E-state index in [1.165, 1.54) is 0 Å². The highest BCUT2D eigenvalue weighted by molar-refractivity contribution is 9.10. The lowest BCUT2D eigenvalue weighted by atomic mass is 10.0. The van der Waals surface area contributed by atoms with Crippen molar-refractivity contribution in [2.75, 3.05) is 6.61 Å². The Hall–Kier alpha value is -1.14. The first kappa shape index (κ1) is 16.2. The van der Waals surface area contributed by atoms with Crippen molar-refractivity contribution in [3.05, 3.63) is 28.0 Å². The molecular formula is C15H21BrN2O3. The van der Waals surface area contributed by atoms with Gasteiger partial charge >= 0.3 is 6.09 Å². The van der Waals surface area contributed by atoms with Crippen molar-refractivity contribution in [3.63, 3.8) is 0 Å². The van der Waals surface area contributed by atoms with Crippen LogP contribution < -0.4 is 5.32 Å². The summed E-state index contributed by atoms with van der Waals surface area (Å²) < 4.78 is 12.0. The molecule has 0 saturated carbocycles. The van der Waals surface area contributed by atoms with E-state index in [-0.39, 0.29) is 12.1 Å². The Balaban J connectivity index is 2.10. The van der Waals surface area contributed by atoms with Gasteiger partial charge in [0.05, 0.1) is 6.04 Å². The monoisotopic (exact) mass is 356 g/mol. The summed E-state index contributed by atoms with van der Waals surface area (Å²) in [7, 11) is 0. The SMILES string of the molecule is Cc1ncc(Br)cc1[C@H]1OCC[C@@H]1NC(=O)OC(C)(C)C. The molecule has 0 aliphatic carbocycles. The van der Waals surface area contributed by atoms with Crippen LogP contribution in [0.4, 0.5) is 4.79 Å². The molecule has 6 heteroatoms. The summed E-state index contributed by atoms with van der Waals surface area (Å²) in [6.45, 7) is 8.08. The van der Waals surface area contributed by atoms with Crippen LogP contribution in [0, 0.1) is 6.92 Å². The lowest BCUT2D eigenvalue weighted by molar-refractivity contribution is 0.0446. The second kappa shape index (κ2) is 6.32. The molecule has 1 aliphatic heterocycles. The van der Waals surface area contributed by atoms with Crippen molar-refractivity contribution < 1.29 is 14.3 Å². The summed E-state index contributed by atoms with van der Waals surface area (Å²) in [4.78, 5) is 16.3. The van der Waals surface area contributed by atoms with Crippen LogP contribution in [0.5, 0.6) is 0 Å². The third-order valence-electron chi connectivity index (χ3n) is 3.19. The van der Waals surface area contributed by atoms with Crippen LogP contribution in [-0.2, 0) is 9.47 Å². The quantitative estimate of drug-likeness (QED) is 0.880. The lowest BCUT2D eigenvalue weighted by Crippen LogP contribution is -2.40. The molecule has 5 nitrogen and oxygen atoms in total. The number of hydrogen-bond donors (Lipinski definition) is 1. The van der Waals surface area contributed by atoms with E-state index in [0.717, 1.165) is 22.2 Å². The minimum Gasteiger partial charge on any atom is -0.444 e. The van der Waals surface area contributed by atoms with Crippen molar-refractivity contribution in [1.29, 1.82) is 0 Å². The van der Waals surface area contributed by atoms with Gasteiger partial charge in [-0.1, -0.05) is 0 Å². The van der Waals surface area contributed by atoms with Crippen molar-refractivity contribution in [1.82, 2.24) is 10.3 Å². The van der Waals surface area contributed by atoms with Crippen molar-refractivity contribution in [2.45, 2.75) is 51.9 Å². The zero-order valence-corrected chi connectivity index (χ0v) is 14.4. The predicted molar refractivity (Wildman–Crippen MR) is 83.1 cm³/mol. The number of carbonyl (C=O) groups is 1. The molecule has 1 fully saturated rings. The van der Waals surface area contributed by atoms with Crippen molar-refractivity contribution >= 4 is 22.0 Å². The van der Waals surface area contributed by atoms with Crippen LogP contribution in [0.1, 0.15) is 44.6 Å². The summed E-state index contributed by atoms with van der Waals surface area (Å²) in [5, 5.41) is 2.90. The van der Waals surface area contributed by atoms with E-state index < -0.39 is 11.7 Å². The number of hydrogen-bond acceptors (Lipinski definition) is 4. The molecule has 0 bridgehead atoms. The van der Waals surface area contributed by atoms with Gasteiger partial charge in [-0.05, 0) is 56.1 Å². The van der Waals surface area contributed by atoms with E-state index in [2.05, 4.69) is 26.2 Å². The fourth-order valence-corrected chi connectivity index (χ4v) is 2.66. The minimum absolute atomic E-state index is 0.102. The average Bonchev–Trinajstić information content (AvgIpc) is 2.77. The van der Waals surface area contributed by atoms with Gasteiger partial charge in [0, 0.05) is 28.5 Å². The molecule has 21 heavy (non-hydrogen) atoms. The Labute approximate surface area is 133 Å². The smallest absolute Gasteiger partial charge is 0.407 e. The maximum absolute atomic E-state index is 11.9. The van der Waals surface area contributed by atoms with Crippen LogP contribution in [0.15, 0.2) is 16.7 Å². The minimum atomic E-state index is -0.508. The van der Waals surface area contributed by atoms with Gasteiger partial charge < -0.3 is 14.8 Å². The van der Waals surface area contributed by atoms with E-state index in [1.807, 2.05) is 33.8 Å².